The Balaban J connectivity index is 1.50. The Morgan fingerprint density at radius 3 is 2.49 bits per heavy atom. The lowest BCUT2D eigenvalue weighted by molar-refractivity contribution is -0.123. The van der Waals surface area contributed by atoms with E-state index in [1.165, 1.54) is 0 Å². The summed E-state index contributed by atoms with van der Waals surface area (Å²) >= 11 is 5.90. The van der Waals surface area contributed by atoms with E-state index in [1.807, 2.05) is 62.5 Å². The van der Waals surface area contributed by atoms with E-state index in [1.54, 1.807) is 36.5 Å². The van der Waals surface area contributed by atoms with Gasteiger partial charge in [-0.2, -0.15) is 10.4 Å². The molecular weight excluding hydrogens is 486 g/mol. The number of hydrogen-bond acceptors (Lipinski definition) is 4. The van der Waals surface area contributed by atoms with Crippen LogP contribution in [0.4, 0.5) is 0 Å². The standard InChI is InChI=1S/C29H26ClN5O2/c1-19(2)27(33-28(36)20-11-13-24(30)14-12-20)29(37)34-32-16-23-18-35(26-10-6-5-9-25(23)26)17-22-8-4-3-7-21(22)15-31/h3-14,16,18-19,27H,17H2,1-2H3,(H,33,36)(H,34,37). The average Bonchev–Trinajstić information content (AvgIpc) is 3.24. The number of hydrazone groups is 1. The fraction of sp³-hybridized carbons (Fsp3) is 0.172. The van der Waals surface area contributed by atoms with E-state index in [0.29, 0.717) is 22.7 Å². The Labute approximate surface area is 220 Å². The largest absolute Gasteiger partial charge is 0.342 e. The van der Waals surface area contributed by atoms with E-state index >= 15 is 0 Å². The summed E-state index contributed by atoms with van der Waals surface area (Å²) in [6.07, 6.45) is 3.53. The number of para-hydroxylation sites is 1. The predicted molar refractivity (Wildman–Crippen MR) is 145 cm³/mol. The van der Waals surface area contributed by atoms with E-state index in [4.69, 9.17) is 11.6 Å². The molecule has 2 N–H and O–H groups in total. The van der Waals surface area contributed by atoms with Crippen molar-refractivity contribution in [3.63, 3.8) is 0 Å². The minimum absolute atomic E-state index is 0.159. The summed E-state index contributed by atoms with van der Waals surface area (Å²) in [5, 5.41) is 17.9. The lowest BCUT2D eigenvalue weighted by Gasteiger charge is -2.20. The molecule has 1 atom stereocenters. The van der Waals surface area contributed by atoms with Gasteiger partial charge in [0.05, 0.1) is 17.8 Å². The molecule has 4 rings (SSSR count). The van der Waals surface area contributed by atoms with E-state index in [2.05, 4.69) is 26.5 Å². The van der Waals surface area contributed by atoms with E-state index in [-0.39, 0.29) is 11.8 Å². The maximum Gasteiger partial charge on any atom is 0.262 e. The van der Waals surface area contributed by atoms with Crippen molar-refractivity contribution in [2.45, 2.75) is 26.4 Å². The van der Waals surface area contributed by atoms with Crippen LogP contribution in [0.25, 0.3) is 10.9 Å². The van der Waals surface area contributed by atoms with Crippen LogP contribution in [0.3, 0.4) is 0 Å². The molecule has 0 saturated heterocycles. The van der Waals surface area contributed by atoms with Gasteiger partial charge in [-0.3, -0.25) is 9.59 Å². The summed E-state index contributed by atoms with van der Waals surface area (Å²) in [7, 11) is 0. The molecule has 8 heteroatoms. The van der Waals surface area contributed by atoms with Crippen molar-refractivity contribution in [1.82, 2.24) is 15.3 Å². The van der Waals surface area contributed by atoms with Crippen molar-refractivity contribution in [1.29, 1.82) is 5.26 Å². The van der Waals surface area contributed by atoms with Gasteiger partial charge in [0, 0.05) is 39.8 Å². The molecule has 0 radical (unpaired) electrons. The molecule has 0 bridgehead atoms. The summed E-state index contributed by atoms with van der Waals surface area (Å²) in [6.45, 7) is 4.22. The maximum absolute atomic E-state index is 12.9. The van der Waals surface area contributed by atoms with Crippen LogP contribution in [0.1, 0.15) is 40.9 Å². The Kier molecular flexibility index (Phi) is 8.02. The Bertz CT molecular complexity index is 1500. The third-order valence-corrected chi connectivity index (χ3v) is 6.27. The molecule has 3 aromatic carbocycles. The summed E-state index contributed by atoms with van der Waals surface area (Å²) < 4.78 is 2.05. The number of fused-ring (bicyclic) bond motifs is 1. The lowest BCUT2D eigenvalue weighted by atomic mass is 10.0. The molecule has 4 aromatic rings. The van der Waals surface area contributed by atoms with Crippen LogP contribution in [-0.2, 0) is 11.3 Å². The third-order valence-electron chi connectivity index (χ3n) is 6.02. The molecule has 37 heavy (non-hydrogen) atoms. The highest BCUT2D eigenvalue weighted by atomic mass is 35.5. The zero-order valence-electron chi connectivity index (χ0n) is 20.5. The van der Waals surface area contributed by atoms with Gasteiger partial charge in [0.25, 0.3) is 11.8 Å². The Morgan fingerprint density at radius 2 is 1.76 bits per heavy atom. The van der Waals surface area contributed by atoms with Crippen LogP contribution in [0.5, 0.6) is 0 Å². The lowest BCUT2D eigenvalue weighted by Crippen LogP contribution is -2.48. The quantitative estimate of drug-likeness (QED) is 0.254. The highest BCUT2D eigenvalue weighted by Crippen LogP contribution is 2.22. The fourth-order valence-corrected chi connectivity index (χ4v) is 4.18. The van der Waals surface area contributed by atoms with Crippen LogP contribution in [0.2, 0.25) is 5.02 Å². The second-order valence-electron chi connectivity index (χ2n) is 8.93. The van der Waals surface area contributed by atoms with Gasteiger partial charge < -0.3 is 9.88 Å². The second kappa shape index (κ2) is 11.5. The zero-order chi connectivity index (χ0) is 26.4. The van der Waals surface area contributed by atoms with Gasteiger partial charge in [-0.05, 0) is 47.9 Å². The van der Waals surface area contributed by atoms with Crippen LogP contribution >= 0.6 is 11.6 Å². The van der Waals surface area contributed by atoms with Crippen molar-refractivity contribution in [2.24, 2.45) is 11.0 Å². The van der Waals surface area contributed by atoms with Crippen LogP contribution in [-0.4, -0.2) is 28.6 Å². The molecule has 0 spiro atoms. The molecule has 0 saturated carbocycles. The molecular formula is C29H26ClN5O2. The number of aromatic nitrogens is 1. The first kappa shape index (κ1) is 25.7. The minimum Gasteiger partial charge on any atom is -0.342 e. The molecule has 0 aliphatic heterocycles. The molecule has 1 unspecified atom stereocenters. The van der Waals surface area contributed by atoms with Gasteiger partial charge in [0.1, 0.15) is 6.04 Å². The minimum atomic E-state index is -0.774. The molecule has 0 fully saturated rings. The first-order valence-corrected chi connectivity index (χ1v) is 12.2. The number of amides is 2. The molecule has 1 heterocycles. The zero-order valence-corrected chi connectivity index (χ0v) is 21.2. The number of nitrogens with one attached hydrogen (secondary N) is 2. The van der Waals surface area contributed by atoms with Crippen LogP contribution in [0, 0.1) is 17.2 Å². The van der Waals surface area contributed by atoms with Crippen molar-refractivity contribution < 1.29 is 9.59 Å². The fourth-order valence-electron chi connectivity index (χ4n) is 4.06. The highest BCUT2D eigenvalue weighted by Gasteiger charge is 2.24. The van der Waals surface area contributed by atoms with Gasteiger partial charge in [0.2, 0.25) is 0 Å². The molecule has 0 aliphatic carbocycles. The van der Waals surface area contributed by atoms with Gasteiger partial charge in [-0.15, -0.1) is 0 Å². The number of carbonyl (C=O) groups excluding carboxylic acids is 2. The smallest absolute Gasteiger partial charge is 0.262 e. The predicted octanol–water partition coefficient (Wildman–Crippen LogP) is 5.12. The van der Waals surface area contributed by atoms with Crippen LogP contribution < -0.4 is 10.7 Å². The number of carbonyl (C=O) groups is 2. The number of nitriles is 1. The van der Waals surface area contributed by atoms with Crippen LogP contribution in [0.15, 0.2) is 84.1 Å². The Morgan fingerprint density at radius 1 is 1.05 bits per heavy atom. The van der Waals surface area contributed by atoms with Gasteiger partial charge >= 0.3 is 0 Å². The van der Waals surface area contributed by atoms with Gasteiger partial charge in [-0.1, -0.05) is 61.8 Å². The number of hydrogen-bond donors (Lipinski definition) is 2. The first-order chi connectivity index (χ1) is 17.9. The highest BCUT2D eigenvalue weighted by molar-refractivity contribution is 6.30. The second-order valence-corrected chi connectivity index (χ2v) is 9.37. The first-order valence-electron chi connectivity index (χ1n) is 11.8. The van der Waals surface area contributed by atoms with E-state index in [9.17, 15) is 14.9 Å². The molecule has 1 aromatic heterocycles. The normalized spacial score (nSPS) is 12.0. The monoisotopic (exact) mass is 511 g/mol. The van der Waals surface area contributed by atoms with Crippen molar-refractivity contribution in [3.05, 3.63) is 106 Å². The molecule has 7 nitrogen and oxygen atoms in total. The number of rotatable bonds is 8. The maximum atomic E-state index is 12.9. The SMILES string of the molecule is CC(C)C(NC(=O)c1ccc(Cl)cc1)C(=O)NN=Cc1cn(Cc2ccccc2C#N)c2ccccc12. The van der Waals surface area contributed by atoms with Crippen molar-refractivity contribution in [2.75, 3.05) is 0 Å². The molecule has 2 amide bonds. The van der Waals surface area contributed by atoms with Gasteiger partial charge in [-0.25, -0.2) is 5.43 Å². The van der Waals surface area contributed by atoms with Crippen molar-refractivity contribution >= 4 is 40.5 Å². The van der Waals surface area contributed by atoms with E-state index in [0.717, 1.165) is 22.0 Å². The van der Waals surface area contributed by atoms with Crippen molar-refractivity contribution in [3.8, 4) is 6.07 Å². The number of halogens is 1. The van der Waals surface area contributed by atoms with E-state index < -0.39 is 11.9 Å². The Hall–Kier alpha value is -4.41. The number of benzene rings is 3. The molecule has 0 aliphatic rings. The summed E-state index contributed by atoms with van der Waals surface area (Å²) in [6, 6.07) is 23.3. The third kappa shape index (κ3) is 6.05. The molecule has 186 valence electrons. The summed E-state index contributed by atoms with van der Waals surface area (Å²) in [4.78, 5) is 25.5. The van der Waals surface area contributed by atoms with Gasteiger partial charge in [0.15, 0.2) is 0 Å². The summed E-state index contributed by atoms with van der Waals surface area (Å²) in [5.41, 5.74) is 6.32. The number of nitrogens with zero attached hydrogens (tertiary/aromatic N) is 3. The summed E-state index contributed by atoms with van der Waals surface area (Å²) in [5.74, 6) is -0.941. The topological polar surface area (TPSA) is 99.3 Å². The average molecular weight is 512 g/mol.